The van der Waals surface area contributed by atoms with E-state index in [1.165, 1.54) is 18.2 Å². The van der Waals surface area contributed by atoms with Gasteiger partial charge in [-0.25, -0.2) is 5.01 Å². The minimum Gasteiger partial charge on any atom is -0.493 e. The third kappa shape index (κ3) is 3.19. The quantitative estimate of drug-likeness (QED) is 0.687. The van der Waals surface area contributed by atoms with Gasteiger partial charge < -0.3 is 9.47 Å². The van der Waals surface area contributed by atoms with E-state index in [0.717, 1.165) is 5.56 Å². The summed E-state index contributed by atoms with van der Waals surface area (Å²) in [6.45, 7) is 1.95. The van der Waals surface area contributed by atoms with Gasteiger partial charge in [-0.3, -0.25) is 15.0 Å². The molecule has 0 radical (unpaired) electrons. The number of hydrogen-bond donors (Lipinski definition) is 1. The van der Waals surface area contributed by atoms with Gasteiger partial charge in [0.1, 0.15) is 5.57 Å². The fourth-order valence-corrected chi connectivity index (χ4v) is 2.54. The predicted molar refractivity (Wildman–Crippen MR) is 94.3 cm³/mol. The molecule has 0 aliphatic carbocycles. The standard InChI is InChI=1S/C19H18N2O4/c1-12-4-7-14(8-5-12)21-19(23)15(18(22)20-21)10-13-6-9-16(24-2)17(11-13)25-3/h4-11H,1-3H3,(H,20,22). The van der Waals surface area contributed by atoms with Crippen LogP contribution in [0.3, 0.4) is 0 Å². The van der Waals surface area contributed by atoms with Crippen molar-refractivity contribution in [1.29, 1.82) is 0 Å². The molecule has 25 heavy (non-hydrogen) atoms. The first-order valence-corrected chi connectivity index (χ1v) is 7.69. The Morgan fingerprint density at radius 3 is 2.28 bits per heavy atom. The van der Waals surface area contributed by atoms with Crippen LogP contribution in [-0.4, -0.2) is 26.0 Å². The molecule has 0 spiro atoms. The van der Waals surface area contributed by atoms with Crippen molar-refractivity contribution in [1.82, 2.24) is 5.43 Å². The summed E-state index contributed by atoms with van der Waals surface area (Å²) in [6.07, 6.45) is 1.54. The number of anilines is 1. The van der Waals surface area contributed by atoms with Crippen molar-refractivity contribution in [2.24, 2.45) is 0 Å². The zero-order valence-electron chi connectivity index (χ0n) is 14.2. The van der Waals surface area contributed by atoms with Crippen LogP contribution in [0.2, 0.25) is 0 Å². The average molecular weight is 338 g/mol. The second-order valence-corrected chi connectivity index (χ2v) is 5.59. The number of hydrogen-bond acceptors (Lipinski definition) is 4. The van der Waals surface area contributed by atoms with Gasteiger partial charge >= 0.3 is 0 Å². The van der Waals surface area contributed by atoms with Crippen LogP contribution in [0, 0.1) is 6.92 Å². The molecule has 3 rings (SSSR count). The third-order valence-electron chi connectivity index (χ3n) is 3.90. The highest BCUT2D eigenvalue weighted by Gasteiger charge is 2.34. The maximum atomic E-state index is 12.6. The first-order chi connectivity index (χ1) is 12.0. The Hall–Kier alpha value is -3.28. The topological polar surface area (TPSA) is 67.9 Å². The molecule has 0 saturated carbocycles. The average Bonchev–Trinajstić information content (AvgIpc) is 2.90. The molecule has 0 unspecified atom stereocenters. The maximum Gasteiger partial charge on any atom is 0.282 e. The van der Waals surface area contributed by atoms with Crippen LogP contribution in [0.5, 0.6) is 11.5 Å². The van der Waals surface area contributed by atoms with Gasteiger partial charge in [-0.05, 0) is 42.8 Å². The Morgan fingerprint density at radius 1 is 0.960 bits per heavy atom. The second kappa shape index (κ2) is 6.68. The Morgan fingerprint density at radius 2 is 1.64 bits per heavy atom. The van der Waals surface area contributed by atoms with Gasteiger partial charge in [-0.1, -0.05) is 23.8 Å². The summed E-state index contributed by atoms with van der Waals surface area (Å²) in [5.41, 5.74) is 5.00. The van der Waals surface area contributed by atoms with Gasteiger partial charge in [0.15, 0.2) is 11.5 Å². The van der Waals surface area contributed by atoms with Crippen molar-refractivity contribution >= 4 is 23.6 Å². The van der Waals surface area contributed by atoms with E-state index in [-0.39, 0.29) is 5.57 Å². The number of aryl methyl sites for hydroxylation is 1. The van der Waals surface area contributed by atoms with E-state index in [1.54, 1.807) is 37.4 Å². The van der Waals surface area contributed by atoms with Crippen molar-refractivity contribution in [3.8, 4) is 11.5 Å². The zero-order chi connectivity index (χ0) is 18.0. The molecule has 6 heteroatoms. The fraction of sp³-hybridized carbons (Fsp3) is 0.158. The molecule has 1 N–H and O–H groups in total. The lowest BCUT2D eigenvalue weighted by molar-refractivity contribution is -0.117. The molecule has 1 aliphatic rings. The van der Waals surface area contributed by atoms with Crippen LogP contribution < -0.4 is 19.9 Å². The number of nitrogens with zero attached hydrogens (tertiary/aromatic N) is 1. The van der Waals surface area contributed by atoms with E-state index in [0.29, 0.717) is 22.7 Å². The lowest BCUT2D eigenvalue weighted by atomic mass is 10.1. The minimum atomic E-state index is -0.444. The SMILES string of the molecule is COc1ccc(C=C2C(=O)NN(c3ccc(C)cc3)C2=O)cc1OC. The second-order valence-electron chi connectivity index (χ2n) is 5.59. The van der Waals surface area contributed by atoms with Crippen molar-refractivity contribution in [3.63, 3.8) is 0 Å². The number of benzene rings is 2. The molecule has 2 aromatic rings. The van der Waals surface area contributed by atoms with Gasteiger partial charge in [0, 0.05) is 0 Å². The molecule has 6 nitrogen and oxygen atoms in total. The Kier molecular flexibility index (Phi) is 4.43. The molecule has 1 fully saturated rings. The number of nitrogens with one attached hydrogen (secondary N) is 1. The van der Waals surface area contributed by atoms with Gasteiger partial charge in [0.05, 0.1) is 19.9 Å². The van der Waals surface area contributed by atoms with Gasteiger partial charge in [0.2, 0.25) is 0 Å². The van der Waals surface area contributed by atoms with Crippen LogP contribution in [0.4, 0.5) is 5.69 Å². The first kappa shape index (κ1) is 16.6. The van der Waals surface area contributed by atoms with Gasteiger partial charge in [0.25, 0.3) is 11.8 Å². The molecule has 0 bridgehead atoms. The molecule has 1 heterocycles. The van der Waals surface area contributed by atoms with Crippen molar-refractivity contribution in [2.75, 3.05) is 19.2 Å². The third-order valence-corrected chi connectivity index (χ3v) is 3.90. The van der Waals surface area contributed by atoms with E-state index in [9.17, 15) is 9.59 Å². The highest BCUT2D eigenvalue weighted by atomic mass is 16.5. The summed E-state index contributed by atoms with van der Waals surface area (Å²) in [5.74, 6) is 0.259. The normalized spacial score (nSPS) is 15.5. The van der Waals surface area contributed by atoms with Gasteiger partial charge in [-0.15, -0.1) is 0 Å². The lowest BCUT2D eigenvalue weighted by Gasteiger charge is -2.14. The van der Waals surface area contributed by atoms with Crippen molar-refractivity contribution in [2.45, 2.75) is 6.92 Å². The molecule has 2 amide bonds. The molecular formula is C19H18N2O4. The maximum absolute atomic E-state index is 12.6. The molecule has 1 aliphatic heterocycles. The summed E-state index contributed by atoms with van der Waals surface area (Å²) in [7, 11) is 3.07. The van der Waals surface area contributed by atoms with E-state index >= 15 is 0 Å². The Bertz CT molecular complexity index is 856. The number of rotatable bonds is 4. The van der Waals surface area contributed by atoms with Crippen molar-refractivity contribution < 1.29 is 19.1 Å². The van der Waals surface area contributed by atoms with Crippen LogP contribution in [-0.2, 0) is 9.59 Å². The molecular weight excluding hydrogens is 320 g/mol. The van der Waals surface area contributed by atoms with E-state index in [4.69, 9.17) is 9.47 Å². The fourth-order valence-electron chi connectivity index (χ4n) is 2.54. The number of hydrazine groups is 1. The van der Waals surface area contributed by atoms with Crippen LogP contribution in [0.15, 0.2) is 48.0 Å². The largest absolute Gasteiger partial charge is 0.493 e. The van der Waals surface area contributed by atoms with Crippen molar-refractivity contribution in [3.05, 3.63) is 59.2 Å². The van der Waals surface area contributed by atoms with Gasteiger partial charge in [-0.2, -0.15) is 0 Å². The molecule has 0 aromatic heterocycles. The highest BCUT2D eigenvalue weighted by Crippen LogP contribution is 2.29. The molecule has 1 saturated heterocycles. The van der Waals surface area contributed by atoms with Crippen LogP contribution in [0.25, 0.3) is 6.08 Å². The Balaban J connectivity index is 1.92. The number of methoxy groups -OCH3 is 2. The predicted octanol–water partition coefficient (Wildman–Crippen LogP) is 2.47. The summed E-state index contributed by atoms with van der Waals surface area (Å²) in [5, 5.41) is 1.24. The summed E-state index contributed by atoms with van der Waals surface area (Å²) < 4.78 is 10.4. The number of carbonyl (C=O) groups is 2. The number of ether oxygens (including phenoxy) is 2. The van der Waals surface area contributed by atoms with E-state index < -0.39 is 11.8 Å². The van der Waals surface area contributed by atoms with E-state index in [1.807, 2.05) is 19.1 Å². The minimum absolute atomic E-state index is 0.0628. The number of amides is 2. The van der Waals surface area contributed by atoms with Crippen LogP contribution in [0.1, 0.15) is 11.1 Å². The molecule has 2 aromatic carbocycles. The highest BCUT2D eigenvalue weighted by molar-refractivity contribution is 6.31. The van der Waals surface area contributed by atoms with E-state index in [2.05, 4.69) is 5.43 Å². The summed E-state index contributed by atoms with van der Waals surface area (Å²) >= 11 is 0. The Labute approximate surface area is 145 Å². The first-order valence-electron chi connectivity index (χ1n) is 7.69. The smallest absolute Gasteiger partial charge is 0.282 e. The summed E-state index contributed by atoms with van der Waals surface area (Å²) in [4.78, 5) is 24.8. The zero-order valence-corrected chi connectivity index (χ0v) is 14.2. The number of carbonyl (C=O) groups excluding carboxylic acids is 2. The lowest BCUT2D eigenvalue weighted by Crippen LogP contribution is -2.35. The molecule has 0 atom stereocenters. The summed E-state index contributed by atoms with van der Waals surface area (Å²) in [6, 6.07) is 12.5. The van der Waals surface area contributed by atoms with Crippen LogP contribution >= 0.6 is 0 Å². The molecule has 128 valence electrons. The monoisotopic (exact) mass is 338 g/mol.